The minimum atomic E-state index is -0.381. The maximum absolute atomic E-state index is 11.9. The number of carbonyl (C=O) groups is 1. The summed E-state index contributed by atoms with van der Waals surface area (Å²) in [5.74, 6) is 1.11. The molecule has 1 atom stereocenters. The molecule has 0 aliphatic heterocycles. The second-order valence-corrected chi connectivity index (χ2v) is 5.16. The van der Waals surface area contributed by atoms with Gasteiger partial charge in [-0.3, -0.25) is 4.79 Å². The summed E-state index contributed by atoms with van der Waals surface area (Å²) in [6, 6.07) is 3.20. The molecule has 2 N–H and O–H groups in total. The van der Waals surface area contributed by atoms with Crippen LogP contribution < -0.4 is 15.4 Å². The van der Waals surface area contributed by atoms with Gasteiger partial charge in [-0.25, -0.2) is 4.98 Å². The topological polar surface area (TPSA) is 63.2 Å². The average molecular weight is 251 g/mol. The standard InChI is InChI=1S/C13H21N3O2/c1-9(12(17)16-13(2,3)4)15-11-10(18-5)7-6-8-14-11/h6-9H,1-5H3,(H,14,15)(H,16,17). The SMILES string of the molecule is COc1cccnc1NC(C)C(=O)NC(C)(C)C. The lowest BCUT2D eigenvalue weighted by atomic mass is 10.1. The molecule has 1 aromatic heterocycles. The number of ether oxygens (including phenoxy) is 1. The van der Waals surface area contributed by atoms with Crippen LogP contribution in [0, 0.1) is 0 Å². The molecule has 0 saturated heterocycles. The predicted octanol–water partition coefficient (Wildman–Crippen LogP) is 1.81. The smallest absolute Gasteiger partial charge is 0.242 e. The number of carbonyl (C=O) groups excluding carboxylic acids is 1. The van der Waals surface area contributed by atoms with E-state index in [4.69, 9.17) is 4.74 Å². The fraction of sp³-hybridized carbons (Fsp3) is 0.538. The average Bonchev–Trinajstić information content (AvgIpc) is 2.27. The number of nitrogens with zero attached hydrogens (tertiary/aromatic N) is 1. The van der Waals surface area contributed by atoms with Crippen LogP contribution in [-0.2, 0) is 4.79 Å². The molecule has 0 spiro atoms. The third kappa shape index (κ3) is 4.24. The van der Waals surface area contributed by atoms with E-state index in [2.05, 4.69) is 15.6 Å². The molecular formula is C13H21N3O2. The van der Waals surface area contributed by atoms with E-state index in [0.29, 0.717) is 11.6 Å². The number of methoxy groups -OCH3 is 1. The summed E-state index contributed by atoms with van der Waals surface area (Å²) < 4.78 is 5.17. The number of hydrogen-bond donors (Lipinski definition) is 2. The molecule has 5 nitrogen and oxygen atoms in total. The molecule has 1 aromatic rings. The summed E-state index contributed by atoms with van der Waals surface area (Å²) in [6.45, 7) is 7.62. The Kier molecular flexibility index (Phi) is 4.53. The summed E-state index contributed by atoms with van der Waals surface area (Å²) in [5.41, 5.74) is -0.249. The molecule has 0 aromatic carbocycles. The summed E-state index contributed by atoms with van der Waals surface area (Å²) in [6.07, 6.45) is 1.65. The molecule has 0 fully saturated rings. The highest BCUT2D eigenvalue weighted by molar-refractivity contribution is 5.84. The number of hydrogen-bond acceptors (Lipinski definition) is 4. The summed E-state index contributed by atoms with van der Waals surface area (Å²) in [4.78, 5) is 16.1. The second kappa shape index (κ2) is 5.71. The Balaban J connectivity index is 2.69. The van der Waals surface area contributed by atoms with Crippen LogP contribution in [0.25, 0.3) is 0 Å². The van der Waals surface area contributed by atoms with Crippen molar-refractivity contribution in [2.45, 2.75) is 39.3 Å². The largest absolute Gasteiger partial charge is 0.493 e. The molecule has 1 heterocycles. The van der Waals surface area contributed by atoms with Crippen molar-refractivity contribution in [1.82, 2.24) is 10.3 Å². The van der Waals surface area contributed by atoms with Crippen LogP contribution in [0.4, 0.5) is 5.82 Å². The molecule has 1 rings (SSSR count). The maximum Gasteiger partial charge on any atom is 0.242 e. The van der Waals surface area contributed by atoms with Crippen LogP contribution in [0.15, 0.2) is 18.3 Å². The van der Waals surface area contributed by atoms with Gasteiger partial charge in [-0.1, -0.05) is 0 Å². The third-order valence-electron chi connectivity index (χ3n) is 2.24. The minimum Gasteiger partial charge on any atom is -0.493 e. The molecule has 18 heavy (non-hydrogen) atoms. The molecule has 0 bridgehead atoms. The lowest BCUT2D eigenvalue weighted by Crippen LogP contribution is -2.47. The van der Waals surface area contributed by atoms with Crippen molar-refractivity contribution in [2.24, 2.45) is 0 Å². The van der Waals surface area contributed by atoms with Gasteiger partial charge in [0.2, 0.25) is 5.91 Å². The summed E-state index contributed by atoms with van der Waals surface area (Å²) in [5, 5.41) is 5.94. The zero-order valence-corrected chi connectivity index (χ0v) is 11.6. The Morgan fingerprint density at radius 3 is 2.67 bits per heavy atom. The Morgan fingerprint density at radius 2 is 2.11 bits per heavy atom. The number of amides is 1. The summed E-state index contributed by atoms with van der Waals surface area (Å²) >= 11 is 0. The van der Waals surface area contributed by atoms with E-state index in [9.17, 15) is 4.79 Å². The number of anilines is 1. The molecule has 0 aliphatic rings. The fourth-order valence-corrected chi connectivity index (χ4v) is 1.41. The van der Waals surface area contributed by atoms with Gasteiger partial charge in [-0.05, 0) is 39.8 Å². The molecule has 1 amide bonds. The number of rotatable bonds is 4. The van der Waals surface area contributed by atoms with Gasteiger partial charge in [-0.2, -0.15) is 0 Å². The van der Waals surface area contributed by atoms with Crippen molar-refractivity contribution in [1.29, 1.82) is 0 Å². The van der Waals surface area contributed by atoms with Crippen molar-refractivity contribution in [2.75, 3.05) is 12.4 Å². The van der Waals surface area contributed by atoms with E-state index in [1.165, 1.54) is 0 Å². The second-order valence-electron chi connectivity index (χ2n) is 5.16. The maximum atomic E-state index is 11.9. The monoisotopic (exact) mass is 251 g/mol. The lowest BCUT2D eigenvalue weighted by molar-refractivity contribution is -0.122. The Bertz CT molecular complexity index is 413. The zero-order valence-electron chi connectivity index (χ0n) is 11.6. The van der Waals surface area contributed by atoms with Crippen molar-refractivity contribution >= 4 is 11.7 Å². The lowest BCUT2D eigenvalue weighted by Gasteiger charge is -2.24. The molecular weight excluding hydrogens is 230 g/mol. The van der Waals surface area contributed by atoms with Crippen LogP contribution >= 0.6 is 0 Å². The highest BCUT2D eigenvalue weighted by Crippen LogP contribution is 2.20. The van der Waals surface area contributed by atoms with Crippen molar-refractivity contribution in [3.63, 3.8) is 0 Å². The van der Waals surface area contributed by atoms with Gasteiger partial charge in [0, 0.05) is 11.7 Å². The first-order chi connectivity index (χ1) is 8.33. The van der Waals surface area contributed by atoms with Crippen LogP contribution in [-0.4, -0.2) is 29.6 Å². The first-order valence-corrected chi connectivity index (χ1v) is 5.91. The molecule has 0 saturated carbocycles. The quantitative estimate of drug-likeness (QED) is 0.856. The predicted molar refractivity (Wildman–Crippen MR) is 71.8 cm³/mol. The minimum absolute atomic E-state index is 0.0739. The zero-order chi connectivity index (χ0) is 13.8. The van der Waals surface area contributed by atoms with E-state index in [-0.39, 0.29) is 17.5 Å². The van der Waals surface area contributed by atoms with Crippen LogP contribution in [0.5, 0.6) is 5.75 Å². The van der Waals surface area contributed by atoms with Gasteiger partial charge in [0.25, 0.3) is 0 Å². The first kappa shape index (κ1) is 14.3. The van der Waals surface area contributed by atoms with Gasteiger partial charge >= 0.3 is 0 Å². The molecule has 5 heteroatoms. The van der Waals surface area contributed by atoms with E-state index < -0.39 is 0 Å². The fourth-order valence-electron chi connectivity index (χ4n) is 1.41. The number of nitrogens with one attached hydrogen (secondary N) is 2. The normalized spacial score (nSPS) is 12.7. The van der Waals surface area contributed by atoms with Gasteiger partial charge in [0.05, 0.1) is 7.11 Å². The Hall–Kier alpha value is -1.78. The van der Waals surface area contributed by atoms with Gasteiger partial charge < -0.3 is 15.4 Å². The Labute approximate surface area is 108 Å². The van der Waals surface area contributed by atoms with E-state index >= 15 is 0 Å². The van der Waals surface area contributed by atoms with E-state index in [1.54, 1.807) is 32.4 Å². The van der Waals surface area contributed by atoms with Crippen molar-refractivity contribution < 1.29 is 9.53 Å². The van der Waals surface area contributed by atoms with Crippen LogP contribution in [0.3, 0.4) is 0 Å². The van der Waals surface area contributed by atoms with E-state index in [0.717, 1.165) is 0 Å². The number of pyridine rings is 1. The Morgan fingerprint density at radius 1 is 1.44 bits per heavy atom. The molecule has 0 aliphatic carbocycles. The highest BCUT2D eigenvalue weighted by Gasteiger charge is 2.20. The van der Waals surface area contributed by atoms with Crippen molar-refractivity contribution in [3.8, 4) is 5.75 Å². The van der Waals surface area contributed by atoms with E-state index in [1.807, 2.05) is 20.8 Å². The first-order valence-electron chi connectivity index (χ1n) is 5.91. The van der Waals surface area contributed by atoms with Crippen LogP contribution in [0.1, 0.15) is 27.7 Å². The van der Waals surface area contributed by atoms with Gasteiger partial charge in [-0.15, -0.1) is 0 Å². The third-order valence-corrected chi connectivity index (χ3v) is 2.24. The number of aromatic nitrogens is 1. The molecule has 0 radical (unpaired) electrons. The van der Waals surface area contributed by atoms with Gasteiger partial charge in [0.15, 0.2) is 11.6 Å². The molecule has 100 valence electrons. The molecule has 1 unspecified atom stereocenters. The van der Waals surface area contributed by atoms with Crippen LogP contribution in [0.2, 0.25) is 0 Å². The van der Waals surface area contributed by atoms with Crippen molar-refractivity contribution in [3.05, 3.63) is 18.3 Å². The highest BCUT2D eigenvalue weighted by atomic mass is 16.5. The summed E-state index contributed by atoms with van der Waals surface area (Å²) in [7, 11) is 1.57. The van der Waals surface area contributed by atoms with Gasteiger partial charge in [0.1, 0.15) is 6.04 Å².